The number of imide groups is 1. The molecule has 0 saturated carbocycles. The van der Waals surface area contributed by atoms with Crippen LogP contribution in [0.5, 0.6) is 17.2 Å². The van der Waals surface area contributed by atoms with Gasteiger partial charge in [-0.1, -0.05) is 37.1 Å². The number of carbonyl (C=O) groups excluding carboxylic acids is 3. The Morgan fingerprint density at radius 2 is 1.67 bits per heavy atom. The average molecular weight is 550 g/mol. The van der Waals surface area contributed by atoms with E-state index in [-0.39, 0.29) is 28.1 Å². The number of unbranched alkanes of at least 4 members (excludes halogenated alkanes) is 1. The SMILES string of the molecule is CCCCOc1ccccc1NC(=O)c1ccc(NC2=C(Cl)C(=O)N(c3ccc(OC)cc3OC)C2=O)cc1. The Morgan fingerprint density at radius 3 is 2.36 bits per heavy atom. The highest BCUT2D eigenvalue weighted by Crippen LogP contribution is 2.37. The van der Waals surface area contributed by atoms with Crippen LogP contribution in [0.2, 0.25) is 0 Å². The van der Waals surface area contributed by atoms with Gasteiger partial charge in [0.15, 0.2) is 0 Å². The zero-order valence-corrected chi connectivity index (χ0v) is 22.5. The number of hydrogen-bond acceptors (Lipinski definition) is 7. The fraction of sp³-hybridized carbons (Fsp3) is 0.207. The van der Waals surface area contributed by atoms with Crippen LogP contribution in [-0.2, 0) is 9.59 Å². The monoisotopic (exact) mass is 549 g/mol. The second-order valence-corrected chi connectivity index (χ2v) is 8.91. The first-order valence-corrected chi connectivity index (χ1v) is 12.7. The van der Waals surface area contributed by atoms with E-state index in [1.807, 2.05) is 12.1 Å². The second kappa shape index (κ2) is 12.4. The molecule has 0 radical (unpaired) electrons. The van der Waals surface area contributed by atoms with Crippen LogP contribution in [0.4, 0.5) is 17.1 Å². The maximum absolute atomic E-state index is 13.2. The predicted molar refractivity (Wildman–Crippen MR) is 150 cm³/mol. The van der Waals surface area contributed by atoms with Crippen LogP contribution in [-0.4, -0.2) is 38.5 Å². The van der Waals surface area contributed by atoms with Crippen molar-refractivity contribution in [2.24, 2.45) is 0 Å². The van der Waals surface area contributed by atoms with Gasteiger partial charge in [0.25, 0.3) is 17.7 Å². The fourth-order valence-electron chi connectivity index (χ4n) is 3.87. The molecule has 10 heteroatoms. The first-order chi connectivity index (χ1) is 18.9. The summed E-state index contributed by atoms with van der Waals surface area (Å²) in [4.78, 5) is 39.9. The zero-order valence-electron chi connectivity index (χ0n) is 21.7. The van der Waals surface area contributed by atoms with Crippen LogP contribution < -0.4 is 29.7 Å². The third kappa shape index (κ3) is 5.99. The van der Waals surface area contributed by atoms with E-state index in [4.69, 9.17) is 25.8 Å². The molecule has 39 heavy (non-hydrogen) atoms. The number of carbonyl (C=O) groups is 3. The van der Waals surface area contributed by atoms with Crippen molar-refractivity contribution in [1.29, 1.82) is 0 Å². The lowest BCUT2D eigenvalue weighted by Gasteiger charge is -2.18. The van der Waals surface area contributed by atoms with E-state index in [0.717, 1.165) is 17.7 Å². The summed E-state index contributed by atoms with van der Waals surface area (Å²) in [5.41, 5.74) is 1.57. The second-order valence-electron chi connectivity index (χ2n) is 8.53. The molecule has 4 rings (SSSR count). The number of hydrogen-bond donors (Lipinski definition) is 2. The Morgan fingerprint density at radius 1 is 0.923 bits per heavy atom. The molecule has 3 aromatic rings. The predicted octanol–water partition coefficient (Wildman–Crippen LogP) is 5.57. The number of benzene rings is 3. The van der Waals surface area contributed by atoms with Gasteiger partial charge >= 0.3 is 0 Å². The number of halogens is 1. The Balaban J connectivity index is 1.47. The van der Waals surface area contributed by atoms with E-state index in [2.05, 4.69) is 17.6 Å². The molecule has 1 aliphatic heterocycles. The molecule has 0 saturated heterocycles. The van der Waals surface area contributed by atoms with Gasteiger partial charge < -0.3 is 24.8 Å². The molecule has 1 heterocycles. The highest BCUT2D eigenvalue weighted by Gasteiger charge is 2.40. The van der Waals surface area contributed by atoms with Gasteiger partial charge in [0.2, 0.25) is 0 Å². The maximum atomic E-state index is 13.2. The van der Waals surface area contributed by atoms with Gasteiger partial charge in [0, 0.05) is 17.3 Å². The standard InChI is InChI=1S/C29H28ClN3O6/c1-4-5-16-39-23-9-7-6-8-21(23)32-27(34)18-10-12-19(13-11-18)31-26-25(30)28(35)33(29(26)36)22-15-14-20(37-2)17-24(22)38-3/h6-15,17,31H,4-5,16H2,1-3H3,(H,32,34). The molecule has 0 aromatic heterocycles. The van der Waals surface area contributed by atoms with Crippen LogP contribution >= 0.6 is 11.6 Å². The van der Waals surface area contributed by atoms with E-state index < -0.39 is 11.8 Å². The summed E-state index contributed by atoms with van der Waals surface area (Å²) < 4.78 is 16.3. The minimum absolute atomic E-state index is 0.0881. The molecule has 0 aliphatic carbocycles. The number of rotatable bonds is 11. The molecule has 0 spiro atoms. The van der Waals surface area contributed by atoms with E-state index in [9.17, 15) is 14.4 Å². The van der Waals surface area contributed by atoms with Crippen molar-refractivity contribution in [3.05, 3.63) is 83.0 Å². The van der Waals surface area contributed by atoms with E-state index >= 15 is 0 Å². The van der Waals surface area contributed by atoms with Gasteiger partial charge in [-0.2, -0.15) is 0 Å². The summed E-state index contributed by atoms with van der Waals surface area (Å²) in [5, 5.41) is 5.51. The normalized spacial score (nSPS) is 13.0. The largest absolute Gasteiger partial charge is 0.497 e. The molecule has 2 N–H and O–H groups in total. The van der Waals surface area contributed by atoms with E-state index in [1.54, 1.807) is 54.6 Å². The van der Waals surface area contributed by atoms with Crippen molar-refractivity contribution in [2.45, 2.75) is 19.8 Å². The van der Waals surface area contributed by atoms with E-state index in [0.29, 0.717) is 35.0 Å². The maximum Gasteiger partial charge on any atom is 0.283 e. The lowest BCUT2D eigenvalue weighted by Crippen LogP contribution is -2.32. The number of ether oxygens (including phenoxy) is 3. The van der Waals surface area contributed by atoms with Crippen molar-refractivity contribution in [1.82, 2.24) is 0 Å². The smallest absolute Gasteiger partial charge is 0.283 e. The minimum Gasteiger partial charge on any atom is -0.497 e. The molecule has 0 bridgehead atoms. The lowest BCUT2D eigenvalue weighted by atomic mass is 10.1. The van der Waals surface area contributed by atoms with Crippen LogP contribution in [0.3, 0.4) is 0 Å². The van der Waals surface area contributed by atoms with Gasteiger partial charge in [-0.05, 0) is 55.0 Å². The van der Waals surface area contributed by atoms with Crippen LogP contribution in [0.1, 0.15) is 30.1 Å². The van der Waals surface area contributed by atoms with Crippen LogP contribution in [0, 0.1) is 0 Å². The molecule has 3 amide bonds. The number of amides is 3. The molecule has 3 aromatic carbocycles. The number of nitrogens with zero attached hydrogens (tertiary/aromatic N) is 1. The molecule has 1 aliphatic rings. The first kappa shape index (κ1) is 27.5. The van der Waals surface area contributed by atoms with Gasteiger partial charge in [-0.15, -0.1) is 0 Å². The molecule has 9 nitrogen and oxygen atoms in total. The summed E-state index contributed by atoms with van der Waals surface area (Å²) >= 11 is 6.27. The van der Waals surface area contributed by atoms with Crippen molar-refractivity contribution >= 4 is 46.4 Å². The Kier molecular flexibility index (Phi) is 8.73. The topological polar surface area (TPSA) is 106 Å². The molecule has 202 valence electrons. The van der Waals surface area contributed by atoms with Gasteiger partial charge in [0.05, 0.1) is 32.2 Å². The zero-order chi connectivity index (χ0) is 27.9. The summed E-state index contributed by atoms with van der Waals surface area (Å²) in [6.45, 7) is 2.64. The van der Waals surface area contributed by atoms with Gasteiger partial charge in [-0.3, -0.25) is 14.4 Å². The Hall–Kier alpha value is -4.50. The summed E-state index contributed by atoms with van der Waals surface area (Å²) in [6.07, 6.45) is 1.92. The molecule has 0 unspecified atom stereocenters. The van der Waals surface area contributed by atoms with Crippen LogP contribution in [0.25, 0.3) is 0 Å². The Bertz CT molecular complexity index is 1420. The third-order valence-electron chi connectivity index (χ3n) is 5.96. The van der Waals surface area contributed by atoms with Crippen LogP contribution in [0.15, 0.2) is 77.5 Å². The first-order valence-electron chi connectivity index (χ1n) is 12.3. The molecule has 0 fully saturated rings. The van der Waals surface area contributed by atoms with Crippen molar-refractivity contribution in [3.8, 4) is 17.2 Å². The molecule has 0 atom stereocenters. The third-order valence-corrected chi connectivity index (χ3v) is 6.31. The highest BCUT2D eigenvalue weighted by molar-refractivity contribution is 6.53. The number of methoxy groups -OCH3 is 2. The average Bonchev–Trinajstić information content (AvgIpc) is 3.16. The molecular formula is C29H28ClN3O6. The summed E-state index contributed by atoms with van der Waals surface area (Å²) in [5.74, 6) is -0.284. The number of anilines is 3. The van der Waals surface area contributed by atoms with Crippen molar-refractivity contribution in [2.75, 3.05) is 36.4 Å². The van der Waals surface area contributed by atoms with Crippen molar-refractivity contribution in [3.63, 3.8) is 0 Å². The summed E-state index contributed by atoms with van der Waals surface area (Å²) in [6, 6.07) is 18.4. The van der Waals surface area contributed by atoms with Gasteiger partial charge in [-0.25, -0.2) is 4.90 Å². The van der Waals surface area contributed by atoms with Gasteiger partial charge in [0.1, 0.15) is 28.0 Å². The highest BCUT2D eigenvalue weighted by atomic mass is 35.5. The number of nitrogens with one attached hydrogen (secondary N) is 2. The minimum atomic E-state index is -0.691. The van der Waals surface area contributed by atoms with E-state index in [1.165, 1.54) is 14.2 Å². The molecular weight excluding hydrogens is 522 g/mol. The fourth-order valence-corrected chi connectivity index (χ4v) is 4.08. The quantitative estimate of drug-likeness (QED) is 0.238. The van der Waals surface area contributed by atoms with Crippen molar-refractivity contribution < 1.29 is 28.6 Å². The summed E-state index contributed by atoms with van der Waals surface area (Å²) in [7, 11) is 2.92. The number of para-hydroxylation sites is 2. The Labute approximate surface area is 231 Å². The lowest BCUT2D eigenvalue weighted by molar-refractivity contribution is -0.120.